The van der Waals surface area contributed by atoms with Gasteiger partial charge in [-0.05, 0) is 19.2 Å². The Kier molecular flexibility index (Phi) is 3.68. The summed E-state index contributed by atoms with van der Waals surface area (Å²) >= 11 is 0. The van der Waals surface area contributed by atoms with Crippen LogP contribution in [-0.4, -0.2) is 11.7 Å². The Balaban J connectivity index is 2.33. The third-order valence-electron chi connectivity index (χ3n) is 3.11. The highest BCUT2D eigenvalue weighted by Crippen LogP contribution is 2.32. The summed E-state index contributed by atoms with van der Waals surface area (Å²) in [5, 5.41) is 15.6. The van der Waals surface area contributed by atoms with E-state index < -0.39 is 0 Å². The number of rotatable bonds is 4. The lowest BCUT2D eigenvalue weighted by Crippen LogP contribution is -2.20. The molecule has 0 aliphatic heterocycles. The number of hydrogen-bond acceptors (Lipinski definition) is 2. The highest BCUT2D eigenvalue weighted by Gasteiger charge is 2.12. The number of aromatic hydroxyl groups is 1. The lowest BCUT2D eigenvalue weighted by Gasteiger charge is -2.17. The predicted octanol–water partition coefficient (Wildman–Crippen LogP) is 3.77. The van der Waals surface area contributed by atoms with Crippen molar-refractivity contribution < 1.29 is 5.11 Å². The van der Waals surface area contributed by atoms with Crippen LogP contribution in [-0.2, 0) is 0 Å². The SMILES string of the molecule is C=C(C)CNC(C)c1ccc2ccccc2c1O. The molecule has 0 saturated heterocycles. The van der Waals surface area contributed by atoms with Gasteiger partial charge in [-0.15, -0.1) is 0 Å². The van der Waals surface area contributed by atoms with E-state index in [0.717, 1.165) is 28.5 Å². The van der Waals surface area contributed by atoms with E-state index in [2.05, 4.69) is 11.9 Å². The van der Waals surface area contributed by atoms with Crippen molar-refractivity contribution in [3.63, 3.8) is 0 Å². The minimum Gasteiger partial charge on any atom is -0.507 e. The first kappa shape index (κ1) is 12.7. The molecule has 0 amide bonds. The average Bonchev–Trinajstić information content (AvgIpc) is 2.37. The molecule has 0 heterocycles. The topological polar surface area (TPSA) is 32.3 Å². The van der Waals surface area contributed by atoms with Crippen LogP contribution in [0.2, 0.25) is 0 Å². The minimum atomic E-state index is 0.103. The molecule has 2 nitrogen and oxygen atoms in total. The Labute approximate surface area is 108 Å². The summed E-state index contributed by atoms with van der Waals surface area (Å²) in [6.07, 6.45) is 0. The van der Waals surface area contributed by atoms with Gasteiger partial charge in [0.1, 0.15) is 5.75 Å². The molecular formula is C16H19NO. The monoisotopic (exact) mass is 241 g/mol. The van der Waals surface area contributed by atoms with Gasteiger partial charge in [-0.1, -0.05) is 48.6 Å². The maximum atomic E-state index is 10.3. The highest BCUT2D eigenvalue weighted by atomic mass is 16.3. The maximum Gasteiger partial charge on any atom is 0.128 e. The molecule has 0 bridgehead atoms. The molecule has 0 aliphatic rings. The molecule has 1 unspecified atom stereocenters. The van der Waals surface area contributed by atoms with Crippen molar-refractivity contribution in [3.8, 4) is 5.75 Å². The van der Waals surface area contributed by atoms with Gasteiger partial charge in [0, 0.05) is 23.5 Å². The van der Waals surface area contributed by atoms with E-state index in [0.29, 0.717) is 5.75 Å². The van der Waals surface area contributed by atoms with Gasteiger partial charge in [-0.3, -0.25) is 0 Å². The van der Waals surface area contributed by atoms with E-state index >= 15 is 0 Å². The number of hydrogen-bond donors (Lipinski definition) is 2. The molecule has 1 atom stereocenters. The van der Waals surface area contributed by atoms with Crippen LogP contribution < -0.4 is 5.32 Å². The van der Waals surface area contributed by atoms with Crippen LogP contribution in [0.25, 0.3) is 10.8 Å². The van der Waals surface area contributed by atoms with E-state index in [1.807, 2.05) is 50.2 Å². The molecule has 2 N–H and O–H groups in total. The molecule has 0 aromatic heterocycles. The summed E-state index contributed by atoms with van der Waals surface area (Å²) in [5.74, 6) is 0.370. The van der Waals surface area contributed by atoms with Gasteiger partial charge in [0.2, 0.25) is 0 Å². The fourth-order valence-electron chi connectivity index (χ4n) is 2.06. The Morgan fingerprint density at radius 1 is 1.28 bits per heavy atom. The van der Waals surface area contributed by atoms with Crippen LogP contribution in [0, 0.1) is 0 Å². The summed E-state index contributed by atoms with van der Waals surface area (Å²) in [4.78, 5) is 0. The van der Waals surface area contributed by atoms with E-state index in [-0.39, 0.29) is 6.04 Å². The van der Waals surface area contributed by atoms with Crippen LogP contribution in [0.4, 0.5) is 0 Å². The number of phenolic OH excluding ortho intramolecular Hbond substituents is 1. The summed E-state index contributed by atoms with van der Waals surface area (Å²) < 4.78 is 0. The highest BCUT2D eigenvalue weighted by molar-refractivity contribution is 5.89. The van der Waals surface area contributed by atoms with Crippen molar-refractivity contribution in [3.05, 3.63) is 54.1 Å². The lowest BCUT2D eigenvalue weighted by molar-refractivity contribution is 0.461. The van der Waals surface area contributed by atoms with Crippen molar-refractivity contribution in [1.29, 1.82) is 0 Å². The fraction of sp³-hybridized carbons (Fsp3) is 0.250. The molecule has 2 heteroatoms. The second-order valence-electron chi connectivity index (χ2n) is 4.78. The molecule has 2 aromatic carbocycles. The molecular weight excluding hydrogens is 222 g/mol. The molecule has 0 radical (unpaired) electrons. The van der Waals surface area contributed by atoms with Gasteiger partial charge in [-0.25, -0.2) is 0 Å². The molecule has 0 spiro atoms. The van der Waals surface area contributed by atoms with Crippen molar-refractivity contribution in [2.24, 2.45) is 0 Å². The van der Waals surface area contributed by atoms with Crippen LogP contribution in [0.15, 0.2) is 48.6 Å². The van der Waals surface area contributed by atoms with Gasteiger partial charge < -0.3 is 10.4 Å². The normalized spacial score (nSPS) is 12.6. The molecule has 0 saturated carbocycles. The van der Waals surface area contributed by atoms with Crippen LogP contribution in [0.1, 0.15) is 25.5 Å². The van der Waals surface area contributed by atoms with Crippen molar-refractivity contribution in [2.45, 2.75) is 19.9 Å². The standard InChI is InChI=1S/C16H19NO/c1-11(2)10-17-12(3)14-9-8-13-6-4-5-7-15(13)16(14)18/h4-9,12,17-18H,1,10H2,2-3H3. The van der Waals surface area contributed by atoms with E-state index in [1.165, 1.54) is 0 Å². The van der Waals surface area contributed by atoms with E-state index in [9.17, 15) is 5.11 Å². The van der Waals surface area contributed by atoms with Crippen LogP contribution in [0.3, 0.4) is 0 Å². The zero-order valence-electron chi connectivity index (χ0n) is 10.9. The summed E-state index contributed by atoms with van der Waals surface area (Å²) in [5.41, 5.74) is 2.01. The quantitative estimate of drug-likeness (QED) is 0.799. The first-order valence-corrected chi connectivity index (χ1v) is 6.18. The lowest BCUT2D eigenvalue weighted by atomic mass is 10.0. The Hall–Kier alpha value is -1.80. The Morgan fingerprint density at radius 3 is 2.72 bits per heavy atom. The van der Waals surface area contributed by atoms with Gasteiger partial charge in [-0.2, -0.15) is 0 Å². The number of benzene rings is 2. The summed E-state index contributed by atoms with van der Waals surface area (Å²) in [6.45, 7) is 8.66. The smallest absolute Gasteiger partial charge is 0.128 e. The molecule has 94 valence electrons. The molecule has 0 aliphatic carbocycles. The van der Waals surface area contributed by atoms with Crippen LogP contribution in [0.5, 0.6) is 5.75 Å². The van der Waals surface area contributed by atoms with E-state index in [4.69, 9.17) is 0 Å². The van der Waals surface area contributed by atoms with Gasteiger partial charge >= 0.3 is 0 Å². The molecule has 18 heavy (non-hydrogen) atoms. The van der Waals surface area contributed by atoms with Gasteiger partial charge in [0.15, 0.2) is 0 Å². The second kappa shape index (κ2) is 5.23. The molecule has 2 aromatic rings. The van der Waals surface area contributed by atoms with Crippen molar-refractivity contribution in [1.82, 2.24) is 5.32 Å². The van der Waals surface area contributed by atoms with Crippen molar-refractivity contribution >= 4 is 10.8 Å². The fourth-order valence-corrected chi connectivity index (χ4v) is 2.06. The molecule has 0 fully saturated rings. The van der Waals surface area contributed by atoms with Crippen molar-refractivity contribution in [2.75, 3.05) is 6.54 Å². The third-order valence-corrected chi connectivity index (χ3v) is 3.11. The summed E-state index contributed by atoms with van der Waals surface area (Å²) in [6, 6.07) is 12.0. The Bertz CT molecular complexity index is 574. The minimum absolute atomic E-state index is 0.103. The molecule has 2 rings (SSSR count). The first-order valence-electron chi connectivity index (χ1n) is 6.18. The maximum absolute atomic E-state index is 10.3. The van der Waals surface area contributed by atoms with Gasteiger partial charge in [0.05, 0.1) is 0 Å². The zero-order chi connectivity index (χ0) is 13.1. The Morgan fingerprint density at radius 2 is 2.00 bits per heavy atom. The predicted molar refractivity (Wildman–Crippen MR) is 76.8 cm³/mol. The number of phenols is 1. The van der Waals surface area contributed by atoms with Gasteiger partial charge in [0.25, 0.3) is 0 Å². The third kappa shape index (κ3) is 2.54. The average molecular weight is 241 g/mol. The number of fused-ring (bicyclic) bond motifs is 1. The zero-order valence-corrected chi connectivity index (χ0v) is 10.9. The largest absolute Gasteiger partial charge is 0.507 e. The first-order chi connectivity index (χ1) is 8.59. The van der Waals surface area contributed by atoms with Crippen LogP contribution >= 0.6 is 0 Å². The number of nitrogens with one attached hydrogen (secondary N) is 1. The summed E-state index contributed by atoms with van der Waals surface area (Å²) in [7, 11) is 0. The second-order valence-corrected chi connectivity index (χ2v) is 4.78. The van der Waals surface area contributed by atoms with E-state index in [1.54, 1.807) is 0 Å².